The number of H-pyrrole nitrogens is 1. The number of halogens is 4. The molecule has 0 saturated carbocycles. The Hall–Kier alpha value is -4.27. The molecule has 1 aliphatic rings. The van der Waals surface area contributed by atoms with Crippen LogP contribution in [0.2, 0.25) is 0 Å². The second-order valence-electron chi connectivity index (χ2n) is 9.82. The number of benzene rings is 1. The van der Waals surface area contributed by atoms with E-state index in [-0.39, 0.29) is 29.8 Å². The molecule has 7 nitrogen and oxygen atoms in total. The number of hydrogen-bond acceptors (Lipinski definition) is 5. The van der Waals surface area contributed by atoms with Gasteiger partial charge in [-0.1, -0.05) is 24.8 Å². The third-order valence-electron chi connectivity index (χ3n) is 7.03. The molecule has 5 rings (SSSR count). The van der Waals surface area contributed by atoms with Crippen LogP contribution in [0, 0.1) is 17.7 Å². The number of carbonyl (C=O) groups is 1. The number of hydrogen-bond donors (Lipinski definition) is 2. The third kappa shape index (κ3) is 6.90. The highest BCUT2D eigenvalue weighted by Gasteiger charge is 2.34. The predicted octanol–water partition coefficient (Wildman–Crippen LogP) is 4.83. The quantitative estimate of drug-likeness (QED) is 0.259. The first-order valence-electron chi connectivity index (χ1n) is 13.2. The van der Waals surface area contributed by atoms with Gasteiger partial charge in [0.25, 0.3) is 0 Å². The largest absolute Gasteiger partial charge is 0.416 e. The summed E-state index contributed by atoms with van der Waals surface area (Å²) in [6.45, 7) is 6.23. The van der Waals surface area contributed by atoms with Crippen LogP contribution >= 0.6 is 0 Å². The molecule has 1 saturated heterocycles. The summed E-state index contributed by atoms with van der Waals surface area (Å²) in [4.78, 5) is 28.1. The molecule has 1 amide bonds. The fourth-order valence-electron chi connectivity index (χ4n) is 4.78. The van der Waals surface area contributed by atoms with Gasteiger partial charge in [0.2, 0.25) is 5.91 Å². The molecule has 0 bridgehead atoms. The van der Waals surface area contributed by atoms with E-state index in [1.54, 1.807) is 24.4 Å². The zero-order valence-corrected chi connectivity index (χ0v) is 22.4. The van der Waals surface area contributed by atoms with Gasteiger partial charge in [0.15, 0.2) is 5.82 Å². The number of rotatable bonds is 6. The van der Waals surface area contributed by atoms with E-state index in [1.807, 2.05) is 4.90 Å². The van der Waals surface area contributed by atoms with Crippen molar-refractivity contribution in [2.24, 2.45) is 0 Å². The number of fused-ring (bicyclic) bond motifs is 1. The first-order valence-corrected chi connectivity index (χ1v) is 13.2. The minimum Gasteiger partial charge on any atom is -0.346 e. The topological polar surface area (TPSA) is 77.1 Å². The van der Waals surface area contributed by atoms with E-state index >= 15 is 0 Å². The molecular formula is C30H28F4N6O. The van der Waals surface area contributed by atoms with Crippen LogP contribution in [0.25, 0.3) is 11.0 Å². The standard InChI is InChI=1S/C30H28F4N6O/c1-2-39-11-13-40(14-12-39)19-22-5-6-23(16-26(22)30(32,33)34)38-27(41)17-24-15-20(7-9-35-24)3-4-21-18-37-29-25(28(21)31)8-10-36-29/h5-10,15-16,18H,2,11-14,17,19H2,1H3,(H,36,37)(H,38,41). The van der Waals surface area contributed by atoms with E-state index in [1.165, 1.54) is 24.5 Å². The summed E-state index contributed by atoms with van der Waals surface area (Å²) < 4.78 is 56.4. The molecule has 2 N–H and O–H groups in total. The van der Waals surface area contributed by atoms with Crippen molar-refractivity contribution in [2.75, 3.05) is 38.0 Å². The van der Waals surface area contributed by atoms with Crippen molar-refractivity contribution in [3.05, 3.63) is 88.8 Å². The Labute approximate surface area is 234 Å². The van der Waals surface area contributed by atoms with Crippen molar-refractivity contribution in [1.29, 1.82) is 0 Å². The lowest BCUT2D eigenvalue weighted by molar-refractivity contribution is -0.138. The van der Waals surface area contributed by atoms with Crippen LogP contribution in [-0.2, 0) is 23.9 Å². The maximum atomic E-state index is 14.6. The summed E-state index contributed by atoms with van der Waals surface area (Å²) in [5.74, 6) is 4.59. The second kappa shape index (κ2) is 12.1. The van der Waals surface area contributed by atoms with E-state index in [2.05, 4.69) is 43.9 Å². The summed E-state index contributed by atoms with van der Waals surface area (Å²) in [7, 11) is 0. The number of carbonyl (C=O) groups excluding carboxylic acids is 1. The summed E-state index contributed by atoms with van der Waals surface area (Å²) in [5, 5.41) is 2.88. The third-order valence-corrected chi connectivity index (χ3v) is 7.03. The summed E-state index contributed by atoms with van der Waals surface area (Å²) in [6, 6.07) is 8.67. The Morgan fingerprint density at radius 3 is 2.59 bits per heavy atom. The smallest absolute Gasteiger partial charge is 0.346 e. The predicted molar refractivity (Wildman–Crippen MR) is 147 cm³/mol. The van der Waals surface area contributed by atoms with Crippen molar-refractivity contribution in [1.82, 2.24) is 24.8 Å². The van der Waals surface area contributed by atoms with Gasteiger partial charge in [-0.25, -0.2) is 9.37 Å². The van der Waals surface area contributed by atoms with Crippen LogP contribution in [0.1, 0.15) is 34.9 Å². The van der Waals surface area contributed by atoms with Gasteiger partial charge in [0, 0.05) is 62.6 Å². The van der Waals surface area contributed by atoms with Crippen molar-refractivity contribution >= 4 is 22.6 Å². The number of amides is 1. The number of alkyl halides is 3. The van der Waals surface area contributed by atoms with Crippen molar-refractivity contribution in [3.8, 4) is 11.8 Å². The van der Waals surface area contributed by atoms with Gasteiger partial charge in [-0.15, -0.1) is 0 Å². The van der Waals surface area contributed by atoms with Crippen molar-refractivity contribution < 1.29 is 22.4 Å². The molecule has 1 aliphatic heterocycles. The van der Waals surface area contributed by atoms with Crippen LogP contribution in [0.4, 0.5) is 23.2 Å². The Bertz CT molecular complexity index is 1610. The van der Waals surface area contributed by atoms with Gasteiger partial charge >= 0.3 is 6.18 Å². The van der Waals surface area contributed by atoms with Gasteiger partial charge in [-0.2, -0.15) is 13.2 Å². The van der Waals surface area contributed by atoms with E-state index < -0.39 is 23.5 Å². The monoisotopic (exact) mass is 564 g/mol. The fraction of sp³-hybridized carbons (Fsp3) is 0.300. The lowest BCUT2D eigenvalue weighted by Gasteiger charge is -2.34. The van der Waals surface area contributed by atoms with Crippen LogP contribution in [0.3, 0.4) is 0 Å². The summed E-state index contributed by atoms with van der Waals surface area (Å²) in [5.41, 5.74) is 0.889. The Balaban J connectivity index is 1.25. The van der Waals surface area contributed by atoms with Gasteiger partial charge in [0.1, 0.15) is 5.65 Å². The highest BCUT2D eigenvalue weighted by Crippen LogP contribution is 2.34. The number of anilines is 1. The summed E-state index contributed by atoms with van der Waals surface area (Å²) in [6.07, 6.45) is -0.342. The lowest BCUT2D eigenvalue weighted by atomic mass is 10.0. The minimum atomic E-state index is -4.56. The van der Waals surface area contributed by atoms with E-state index in [0.29, 0.717) is 35.4 Å². The molecular weight excluding hydrogens is 536 g/mol. The zero-order chi connectivity index (χ0) is 29.0. The van der Waals surface area contributed by atoms with E-state index in [4.69, 9.17) is 0 Å². The minimum absolute atomic E-state index is 0.0564. The molecule has 11 heteroatoms. The molecule has 212 valence electrons. The molecule has 0 atom stereocenters. The molecule has 1 aromatic carbocycles. The maximum Gasteiger partial charge on any atom is 0.416 e. The van der Waals surface area contributed by atoms with Crippen molar-refractivity contribution in [2.45, 2.75) is 26.1 Å². The van der Waals surface area contributed by atoms with Gasteiger partial charge < -0.3 is 15.2 Å². The number of aromatic amines is 1. The Morgan fingerprint density at radius 1 is 1.05 bits per heavy atom. The SMILES string of the molecule is CCN1CCN(Cc2ccc(NC(=O)Cc3cc(C#Cc4cnc5[nH]ccc5c4F)ccn3)cc2C(F)(F)F)CC1. The van der Waals surface area contributed by atoms with Gasteiger partial charge in [-0.3, -0.25) is 14.7 Å². The molecule has 3 aromatic heterocycles. The van der Waals surface area contributed by atoms with Crippen LogP contribution in [0.5, 0.6) is 0 Å². The average molecular weight is 565 g/mol. The first-order chi connectivity index (χ1) is 19.7. The number of nitrogens with one attached hydrogen (secondary N) is 2. The van der Waals surface area contributed by atoms with E-state index in [9.17, 15) is 22.4 Å². The molecule has 0 radical (unpaired) electrons. The molecule has 0 aliphatic carbocycles. The molecule has 4 aromatic rings. The average Bonchev–Trinajstić information content (AvgIpc) is 3.43. The molecule has 1 fully saturated rings. The summed E-state index contributed by atoms with van der Waals surface area (Å²) >= 11 is 0. The van der Waals surface area contributed by atoms with E-state index in [0.717, 1.165) is 25.7 Å². The number of aromatic nitrogens is 3. The highest BCUT2D eigenvalue weighted by atomic mass is 19.4. The molecule has 4 heterocycles. The molecule has 41 heavy (non-hydrogen) atoms. The molecule has 0 unspecified atom stereocenters. The number of nitrogens with zero attached hydrogens (tertiary/aromatic N) is 4. The Kier molecular flexibility index (Phi) is 8.33. The highest BCUT2D eigenvalue weighted by molar-refractivity contribution is 5.92. The zero-order valence-electron chi connectivity index (χ0n) is 22.4. The van der Waals surface area contributed by atoms with Gasteiger partial charge in [-0.05, 0) is 42.4 Å². The lowest BCUT2D eigenvalue weighted by Crippen LogP contribution is -2.45. The van der Waals surface area contributed by atoms with Gasteiger partial charge in [0.05, 0.1) is 28.6 Å². The fourth-order valence-corrected chi connectivity index (χ4v) is 4.78. The van der Waals surface area contributed by atoms with Crippen LogP contribution in [0.15, 0.2) is 55.0 Å². The first kappa shape index (κ1) is 28.3. The normalized spacial score (nSPS) is 14.6. The number of pyridine rings is 2. The number of likely N-dealkylation sites (N-methyl/N-ethyl adjacent to an activating group) is 1. The molecule has 0 spiro atoms. The number of piperazine rings is 1. The van der Waals surface area contributed by atoms with Crippen molar-refractivity contribution in [3.63, 3.8) is 0 Å². The maximum absolute atomic E-state index is 14.6. The van der Waals surface area contributed by atoms with Crippen LogP contribution in [-0.4, -0.2) is 63.4 Å². The van der Waals surface area contributed by atoms with Crippen LogP contribution < -0.4 is 5.32 Å². The second-order valence-corrected chi connectivity index (χ2v) is 9.82. The Morgan fingerprint density at radius 2 is 1.83 bits per heavy atom.